The minimum Gasteiger partial charge on any atom is -0.481 e. The fourth-order valence-electron chi connectivity index (χ4n) is 2.09. The number of hydrogen-bond donors (Lipinski definition) is 2. The zero-order valence-corrected chi connectivity index (χ0v) is 10.8. The SMILES string of the molecule is CCCC(=O)NCC(=O)N1C[C@@H](C)[C@H](C(=O)O)C1. The standard InChI is InChI=1S/C12H20N2O4/c1-3-4-10(15)13-5-11(16)14-6-8(2)9(7-14)12(17)18/h8-9H,3-7H2,1-2H3,(H,13,15)(H,17,18)/t8-,9-/m1/s1. The molecule has 18 heavy (non-hydrogen) atoms. The van der Waals surface area contributed by atoms with Crippen LogP contribution in [0, 0.1) is 11.8 Å². The van der Waals surface area contributed by atoms with E-state index in [-0.39, 0.29) is 30.8 Å². The van der Waals surface area contributed by atoms with Gasteiger partial charge in [-0.25, -0.2) is 0 Å². The minimum atomic E-state index is -0.868. The predicted octanol–water partition coefficient (Wildman–Crippen LogP) is 0.0818. The van der Waals surface area contributed by atoms with Crippen molar-refractivity contribution in [3.63, 3.8) is 0 Å². The van der Waals surface area contributed by atoms with Crippen molar-refractivity contribution in [1.82, 2.24) is 10.2 Å². The minimum absolute atomic E-state index is 0.0437. The lowest BCUT2D eigenvalue weighted by molar-refractivity contribution is -0.142. The van der Waals surface area contributed by atoms with Crippen LogP contribution in [-0.2, 0) is 14.4 Å². The largest absolute Gasteiger partial charge is 0.481 e. The first-order chi connectivity index (χ1) is 8.45. The molecule has 1 saturated heterocycles. The van der Waals surface area contributed by atoms with Gasteiger partial charge in [-0.3, -0.25) is 14.4 Å². The summed E-state index contributed by atoms with van der Waals surface area (Å²) in [5.41, 5.74) is 0. The summed E-state index contributed by atoms with van der Waals surface area (Å²) >= 11 is 0. The third-order valence-corrected chi connectivity index (χ3v) is 3.20. The summed E-state index contributed by atoms with van der Waals surface area (Å²) in [4.78, 5) is 35.4. The lowest BCUT2D eigenvalue weighted by Crippen LogP contribution is -2.39. The van der Waals surface area contributed by atoms with Crippen molar-refractivity contribution in [2.75, 3.05) is 19.6 Å². The molecule has 1 aliphatic rings. The maximum Gasteiger partial charge on any atom is 0.308 e. The number of nitrogens with one attached hydrogen (secondary N) is 1. The molecule has 0 aromatic carbocycles. The first-order valence-electron chi connectivity index (χ1n) is 6.23. The highest BCUT2D eigenvalue weighted by atomic mass is 16.4. The van der Waals surface area contributed by atoms with Crippen molar-refractivity contribution >= 4 is 17.8 Å². The molecule has 0 radical (unpaired) electrons. The lowest BCUT2D eigenvalue weighted by Gasteiger charge is -2.16. The Labute approximate surface area is 106 Å². The van der Waals surface area contributed by atoms with Crippen molar-refractivity contribution in [2.45, 2.75) is 26.7 Å². The van der Waals surface area contributed by atoms with Gasteiger partial charge in [0.1, 0.15) is 0 Å². The summed E-state index contributed by atoms with van der Waals surface area (Å²) in [6.07, 6.45) is 1.14. The first kappa shape index (κ1) is 14.5. The van der Waals surface area contributed by atoms with Crippen molar-refractivity contribution < 1.29 is 19.5 Å². The highest BCUT2D eigenvalue weighted by Crippen LogP contribution is 2.22. The van der Waals surface area contributed by atoms with Crippen LogP contribution in [0.3, 0.4) is 0 Å². The van der Waals surface area contributed by atoms with Gasteiger partial charge in [-0.05, 0) is 12.3 Å². The number of nitrogens with zero attached hydrogens (tertiary/aromatic N) is 1. The Morgan fingerprint density at radius 2 is 2.00 bits per heavy atom. The molecule has 6 heteroatoms. The molecule has 0 aliphatic carbocycles. The van der Waals surface area contributed by atoms with Crippen LogP contribution in [-0.4, -0.2) is 47.4 Å². The molecule has 0 unspecified atom stereocenters. The number of carboxylic acid groups (broad SMARTS) is 1. The van der Waals surface area contributed by atoms with E-state index in [2.05, 4.69) is 5.32 Å². The fourth-order valence-corrected chi connectivity index (χ4v) is 2.09. The van der Waals surface area contributed by atoms with Crippen LogP contribution in [0.25, 0.3) is 0 Å². The number of carbonyl (C=O) groups is 3. The van der Waals surface area contributed by atoms with Gasteiger partial charge in [0.15, 0.2) is 0 Å². The Morgan fingerprint density at radius 1 is 1.33 bits per heavy atom. The second kappa shape index (κ2) is 6.37. The highest BCUT2D eigenvalue weighted by molar-refractivity contribution is 5.85. The second-order valence-electron chi connectivity index (χ2n) is 4.75. The number of rotatable bonds is 5. The summed E-state index contributed by atoms with van der Waals surface area (Å²) in [6.45, 7) is 4.35. The van der Waals surface area contributed by atoms with Gasteiger partial charge in [0.2, 0.25) is 11.8 Å². The van der Waals surface area contributed by atoms with Gasteiger partial charge in [-0.15, -0.1) is 0 Å². The van der Waals surface area contributed by atoms with Crippen molar-refractivity contribution in [1.29, 1.82) is 0 Å². The van der Waals surface area contributed by atoms with Gasteiger partial charge in [0.25, 0.3) is 0 Å². The number of likely N-dealkylation sites (tertiary alicyclic amines) is 1. The molecule has 0 aromatic rings. The Morgan fingerprint density at radius 3 is 2.50 bits per heavy atom. The molecule has 1 aliphatic heterocycles. The molecule has 102 valence electrons. The Balaban J connectivity index is 2.40. The molecule has 0 saturated carbocycles. The van der Waals surface area contributed by atoms with Crippen LogP contribution < -0.4 is 5.32 Å². The Kier molecular flexibility index (Phi) is 5.12. The van der Waals surface area contributed by atoms with Crippen LogP contribution in [0.5, 0.6) is 0 Å². The summed E-state index contributed by atoms with van der Waals surface area (Å²) in [5, 5.41) is 11.5. The number of carbonyl (C=O) groups excluding carboxylic acids is 2. The maximum atomic E-state index is 11.8. The number of carboxylic acids is 1. The van der Waals surface area contributed by atoms with Gasteiger partial charge in [0.05, 0.1) is 12.5 Å². The average Bonchev–Trinajstić information content (AvgIpc) is 2.69. The van der Waals surface area contributed by atoms with Crippen LogP contribution in [0.4, 0.5) is 0 Å². The molecule has 1 heterocycles. The van der Waals surface area contributed by atoms with Gasteiger partial charge in [-0.2, -0.15) is 0 Å². The van der Waals surface area contributed by atoms with E-state index in [1.165, 1.54) is 4.90 Å². The molecule has 0 spiro atoms. The average molecular weight is 256 g/mol. The smallest absolute Gasteiger partial charge is 0.308 e. The topological polar surface area (TPSA) is 86.7 Å². The molecular formula is C12H20N2O4. The predicted molar refractivity (Wildman–Crippen MR) is 64.8 cm³/mol. The number of aliphatic carboxylic acids is 1. The highest BCUT2D eigenvalue weighted by Gasteiger charge is 2.36. The van der Waals surface area contributed by atoms with E-state index in [1.807, 2.05) is 13.8 Å². The van der Waals surface area contributed by atoms with E-state index in [1.54, 1.807) is 0 Å². The molecule has 6 nitrogen and oxygen atoms in total. The monoisotopic (exact) mass is 256 g/mol. The normalized spacial score (nSPS) is 22.9. The van der Waals surface area contributed by atoms with E-state index in [0.717, 1.165) is 6.42 Å². The molecule has 2 atom stereocenters. The van der Waals surface area contributed by atoms with Gasteiger partial charge in [0, 0.05) is 19.5 Å². The van der Waals surface area contributed by atoms with Crippen molar-refractivity contribution in [2.24, 2.45) is 11.8 Å². The van der Waals surface area contributed by atoms with Gasteiger partial charge in [-0.1, -0.05) is 13.8 Å². The van der Waals surface area contributed by atoms with E-state index in [9.17, 15) is 14.4 Å². The number of amides is 2. The summed E-state index contributed by atoms with van der Waals surface area (Å²) in [5.74, 6) is -1.77. The van der Waals surface area contributed by atoms with Crippen LogP contribution >= 0.6 is 0 Å². The summed E-state index contributed by atoms with van der Waals surface area (Å²) in [6, 6.07) is 0. The quantitative estimate of drug-likeness (QED) is 0.729. The lowest BCUT2D eigenvalue weighted by atomic mass is 9.99. The zero-order valence-electron chi connectivity index (χ0n) is 10.8. The third-order valence-electron chi connectivity index (χ3n) is 3.20. The molecule has 0 aromatic heterocycles. The molecular weight excluding hydrogens is 236 g/mol. The first-order valence-corrected chi connectivity index (χ1v) is 6.23. The van der Waals surface area contributed by atoms with E-state index >= 15 is 0 Å². The van der Waals surface area contributed by atoms with Crippen molar-refractivity contribution in [3.8, 4) is 0 Å². The number of hydrogen-bond acceptors (Lipinski definition) is 3. The maximum absolute atomic E-state index is 11.8. The zero-order chi connectivity index (χ0) is 13.7. The van der Waals surface area contributed by atoms with Gasteiger partial charge >= 0.3 is 5.97 Å². The molecule has 0 bridgehead atoms. The third kappa shape index (κ3) is 3.72. The van der Waals surface area contributed by atoms with Crippen LogP contribution in [0.2, 0.25) is 0 Å². The van der Waals surface area contributed by atoms with Gasteiger partial charge < -0.3 is 15.3 Å². The van der Waals surface area contributed by atoms with Crippen LogP contribution in [0.1, 0.15) is 26.7 Å². The van der Waals surface area contributed by atoms with E-state index < -0.39 is 11.9 Å². The van der Waals surface area contributed by atoms with Crippen LogP contribution in [0.15, 0.2) is 0 Å². The fraction of sp³-hybridized carbons (Fsp3) is 0.750. The van der Waals surface area contributed by atoms with E-state index in [4.69, 9.17) is 5.11 Å². The van der Waals surface area contributed by atoms with E-state index in [0.29, 0.717) is 13.0 Å². The Hall–Kier alpha value is -1.59. The molecule has 1 fully saturated rings. The summed E-state index contributed by atoms with van der Waals surface area (Å²) in [7, 11) is 0. The Bertz CT molecular complexity index is 343. The summed E-state index contributed by atoms with van der Waals surface area (Å²) < 4.78 is 0. The molecule has 1 rings (SSSR count). The molecule has 2 amide bonds. The molecule has 2 N–H and O–H groups in total. The van der Waals surface area contributed by atoms with Crippen molar-refractivity contribution in [3.05, 3.63) is 0 Å². The second-order valence-corrected chi connectivity index (χ2v) is 4.75.